The smallest absolute Gasteiger partial charge is 0.417 e. The molecule has 2 atom stereocenters. The number of nitrogens with two attached hydrogens (primary N) is 1. The minimum absolute atomic E-state index is 0.0455. The Labute approximate surface area is 187 Å². The first kappa shape index (κ1) is 25.2. The number of hydrogen-bond acceptors (Lipinski definition) is 3. The highest BCUT2D eigenvalue weighted by Crippen LogP contribution is 2.56. The summed E-state index contributed by atoms with van der Waals surface area (Å²) in [5.74, 6) is -1.06. The fourth-order valence-corrected chi connectivity index (χ4v) is 4.08. The first-order valence-electron chi connectivity index (χ1n) is 9.43. The Bertz CT molecular complexity index is 1110. The Kier molecular flexibility index (Phi) is 6.16. The van der Waals surface area contributed by atoms with Gasteiger partial charge in [-0.2, -0.15) is 26.3 Å². The number of nitrogens with zero attached hydrogens (tertiary/aromatic N) is 1. The average Bonchev–Trinajstić information content (AvgIpc) is 3.05. The van der Waals surface area contributed by atoms with Crippen LogP contribution in [0.3, 0.4) is 0 Å². The third kappa shape index (κ3) is 4.50. The van der Waals surface area contributed by atoms with Crippen LogP contribution in [0.5, 0.6) is 5.75 Å². The lowest BCUT2D eigenvalue weighted by molar-refractivity contribution is -0.196. The highest BCUT2D eigenvalue weighted by Gasteiger charge is 2.63. The maximum Gasteiger partial charge on any atom is 0.417 e. The Hall–Kier alpha value is -2.47. The van der Waals surface area contributed by atoms with E-state index in [1.54, 1.807) is 0 Å². The van der Waals surface area contributed by atoms with Crippen LogP contribution in [0, 0.1) is 5.82 Å². The van der Waals surface area contributed by atoms with Crippen LogP contribution >= 0.6 is 0 Å². The van der Waals surface area contributed by atoms with E-state index in [4.69, 9.17) is 9.88 Å². The molecule has 1 aromatic carbocycles. The number of hydrogen-bond donors (Lipinski definition) is 1. The fourth-order valence-electron chi connectivity index (χ4n) is 3.69. The second kappa shape index (κ2) is 8.08. The zero-order chi connectivity index (χ0) is 25.0. The molecule has 2 aromatic rings. The summed E-state index contributed by atoms with van der Waals surface area (Å²) >= 11 is 0. The van der Waals surface area contributed by atoms with E-state index in [1.165, 1.54) is 13.8 Å². The van der Waals surface area contributed by atoms with E-state index < -0.39 is 74.9 Å². The van der Waals surface area contributed by atoms with Gasteiger partial charge in [-0.3, -0.25) is 5.14 Å². The number of fused-ring (bicyclic) bond motifs is 1. The molecule has 1 aromatic heterocycles. The molecule has 3 rings (SSSR count). The molecule has 2 N–H and O–H groups in total. The van der Waals surface area contributed by atoms with E-state index in [2.05, 4.69) is 11.6 Å². The van der Waals surface area contributed by atoms with Crippen molar-refractivity contribution in [2.24, 2.45) is 5.14 Å². The molecular formula is C21H19F7N2O2S. The third-order valence-electron chi connectivity index (χ3n) is 5.54. The average molecular weight is 496 g/mol. The molecule has 4 nitrogen and oxygen atoms in total. The Morgan fingerprint density at radius 3 is 2.24 bits per heavy atom. The second-order valence-corrected chi connectivity index (χ2v) is 10.0. The number of aromatic nitrogens is 1. The molecule has 33 heavy (non-hydrogen) atoms. The van der Waals surface area contributed by atoms with Crippen molar-refractivity contribution >= 4 is 16.6 Å². The van der Waals surface area contributed by atoms with Gasteiger partial charge in [-0.25, -0.2) is 13.6 Å². The van der Waals surface area contributed by atoms with Crippen molar-refractivity contribution in [1.82, 2.24) is 4.98 Å². The van der Waals surface area contributed by atoms with Crippen molar-refractivity contribution in [2.45, 2.75) is 42.8 Å². The molecule has 0 saturated carbocycles. The van der Waals surface area contributed by atoms with Gasteiger partial charge in [0.15, 0.2) is 0 Å². The van der Waals surface area contributed by atoms with E-state index in [1.807, 2.05) is 0 Å². The van der Waals surface area contributed by atoms with Crippen LogP contribution < -0.4 is 9.88 Å². The van der Waals surface area contributed by atoms with Crippen molar-refractivity contribution in [1.29, 1.82) is 0 Å². The van der Waals surface area contributed by atoms with Gasteiger partial charge in [-0.15, -0.1) is 0 Å². The monoisotopic (exact) mass is 496 g/mol. The number of alkyl halides is 6. The predicted molar refractivity (Wildman–Crippen MR) is 109 cm³/mol. The molecular weight excluding hydrogens is 477 g/mol. The first-order chi connectivity index (χ1) is 15.0. The summed E-state index contributed by atoms with van der Waals surface area (Å²) in [6.07, 6.45) is -10.8. The highest BCUT2D eigenvalue weighted by molar-refractivity contribution is 7.84. The zero-order valence-electron chi connectivity index (χ0n) is 17.4. The van der Waals surface area contributed by atoms with E-state index in [0.717, 1.165) is 24.3 Å². The Morgan fingerprint density at radius 2 is 1.76 bits per heavy atom. The van der Waals surface area contributed by atoms with E-state index >= 15 is 0 Å². The maximum absolute atomic E-state index is 14.5. The number of ether oxygens (including phenoxy) is 1. The minimum Gasteiger partial charge on any atom is -0.490 e. The number of rotatable bonds is 5. The predicted octanol–water partition coefficient (Wildman–Crippen LogP) is 5.45. The van der Waals surface area contributed by atoms with Crippen LogP contribution in [-0.2, 0) is 16.4 Å². The normalized spacial score (nSPS) is 19.7. The zero-order valence-corrected chi connectivity index (χ0v) is 18.2. The van der Waals surface area contributed by atoms with Gasteiger partial charge in [0.25, 0.3) is 0 Å². The molecule has 12 heteroatoms. The molecule has 180 valence electrons. The van der Waals surface area contributed by atoms with Crippen molar-refractivity contribution in [3.05, 3.63) is 54.0 Å². The lowest BCUT2D eigenvalue weighted by Crippen LogP contribution is -2.50. The van der Waals surface area contributed by atoms with Crippen molar-refractivity contribution in [3.63, 3.8) is 0 Å². The number of allylic oxidation sites excluding steroid dienone is 1. The second-order valence-electron chi connectivity index (χ2n) is 8.32. The van der Waals surface area contributed by atoms with E-state index in [-0.39, 0.29) is 11.3 Å². The molecule has 1 aliphatic rings. The largest absolute Gasteiger partial charge is 0.490 e. The molecule has 0 aliphatic carbocycles. The molecule has 1 aliphatic heterocycles. The Balaban J connectivity index is 2.35. The van der Waals surface area contributed by atoms with Gasteiger partial charge in [0.05, 0.1) is 27.0 Å². The van der Waals surface area contributed by atoms with Crippen molar-refractivity contribution in [3.8, 4) is 17.0 Å². The summed E-state index contributed by atoms with van der Waals surface area (Å²) in [7, 11) is -2.19. The molecule has 0 fully saturated rings. The number of pyridine rings is 1. The van der Waals surface area contributed by atoms with Crippen LogP contribution in [-0.4, -0.2) is 32.9 Å². The summed E-state index contributed by atoms with van der Waals surface area (Å²) in [5, 5.41) is 5.39. The maximum atomic E-state index is 14.5. The molecule has 0 radical (unpaired) electrons. The van der Waals surface area contributed by atoms with Gasteiger partial charge < -0.3 is 4.74 Å². The van der Waals surface area contributed by atoms with Gasteiger partial charge in [-0.05, 0) is 50.6 Å². The molecule has 0 saturated heterocycles. The van der Waals surface area contributed by atoms with Crippen molar-refractivity contribution < 1.29 is 39.7 Å². The van der Waals surface area contributed by atoms with Gasteiger partial charge >= 0.3 is 12.4 Å². The highest BCUT2D eigenvalue weighted by atomic mass is 32.2. The number of benzene rings is 1. The lowest BCUT2D eigenvalue weighted by Gasteiger charge is -2.36. The van der Waals surface area contributed by atoms with E-state index in [9.17, 15) is 34.9 Å². The van der Waals surface area contributed by atoms with Gasteiger partial charge in [-0.1, -0.05) is 6.58 Å². The molecule has 0 bridgehead atoms. The fraction of sp³-hybridized carbons (Fsp3) is 0.381. The first-order valence-corrected chi connectivity index (χ1v) is 10.6. The molecule has 0 amide bonds. The number of halogens is 7. The topological polar surface area (TPSA) is 65.2 Å². The molecule has 2 heterocycles. The van der Waals surface area contributed by atoms with Crippen LogP contribution in [0.2, 0.25) is 0 Å². The molecule has 0 spiro atoms. The van der Waals surface area contributed by atoms with Gasteiger partial charge in [0, 0.05) is 11.1 Å². The van der Waals surface area contributed by atoms with Crippen LogP contribution in [0.4, 0.5) is 30.7 Å². The van der Waals surface area contributed by atoms with Gasteiger partial charge in [0.2, 0.25) is 0 Å². The molecule has 1 unspecified atom stereocenters. The summed E-state index contributed by atoms with van der Waals surface area (Å²) in [6.45, 7) is 4.48. The van der Waals surface area contributed by atoms with Crippen LogP contribution in [0.25, 0.3) is 16.8 Å². The third-order valence-corrected chi connectivity index (χ3v) is 6.77. The quantitative estimate of drug-likeness (QED) is 0.561. The minimum atomic E-state index is -5.01. The summed E-state index contributed by atoms with van der Waals surface area (Å²) in [4.78, 5) is 3.87. The standard InChI is InChI=1S/C21H19F7N2O2S/c1-11(20(23,24)25)15-8-14-17(16(30-15)12-4-6-13(22)7-5-12)32-10-19(14,21(26,27)28)9-18(2,3)33(29)31/h4-8H,1,9-10,29H2,2-3H3/t19-,33?/m0/s1. The Morgan fingerprint density at radius 1 is 1.18 bits per heavy atom. The summed E-state index contributed by atoms with van der Waals surface area (Å²) in [6, 6.07) is 4.94. The summed E-state index contributed by atoms with van der Waals surface area (Å²) in [5.41, 5.74) is -6.01. The van der Waals surface area contributed by atoms with Crippen LogP contribution in [0.1, 0.15) is 31.5 Å². The summed E-state index contributed by atoms with van der Waals surface area (Å²) < 4.78 is 113. The van der Waals surface area contributed by atoms with E-state index in [0.29, 0.717) is 6.07 Å². The van der Waals surface area contributed by atoms with Crippen LogP contribution in [0.15, 0.2) is 36.9 Å². The SMILES string of the molecule is C=C(c1cc2c(c(-c3ccc(F)cc3)n1)OC[C@]2(CC(C)(C)S(N)=O)C(F)(F)F)C(F)(F)F. The van der Waals surface area contributed by atoms with Crippen molar-refractivity contribution in [2.75, 3.05) is 6.61 Å². The van der Waals surface area contributed by atoms with Gasteiger partial charge in [0.1, 0.15) is 29.3 Å². The lowest BCUT2D eigenvalue weighted by atomic mass is 9.74.